The number of amidine groups is 1. The Labute approximate surface area is 191 Å². The number of thioether (sulfide) groups is 1. The number of amides is 1. The van der Waals surface area contributed by atoms with Gasteiger partial charge in [-0.1, -0.05) is 48.5 Å². The molecule has 0 spiro atoms. The summed E-state index contributed by atoms with van der Waals surface area (Å²) in [5.74, 6) is 1.27. The van der Waals surface area contributed by atoms with Crippen molar-refractivity contribution in [3.05, 3.63) is 108 Å². The van der Waals surface area contributed by atoms with Crippen LogP contribution in [0.1, 0.15) is 6.92 Å². The van der Waals surface area contributed by atoms with Crippen molar-refractivity contribution in [2.24, 2.45) is 4.99 Å². The fourth-order valence-electron chi connectivity index (χ4n) is 3.68. The molecular formula is C26H21N3O2S. The van der Waals surface area contributed by atoms with E-state index in [2.05, 4.69) is 16.8 Å². The first-order chi connectivity index (χ1) is 15.7. The van der Waals surface area contributed by atoms with Crippen LogP contribution >= 0.6 is 11.8 Å². The average molecular weight is 440 g/mol. The molecule has 2 aliphatic rings. The van der Waals surface area contributed by atoms with Gasteiger partial charge in [0.1, 0.15) is 0 Å². The normalized spacial score (nSPS) is 17.5. The van der Waals surface area contributed by atoms with Crippen molar-refractivity contribution >= 4 is 39.9 Å². The zero-order valence-corrected chi connectivity index (χ0v) is 18.3. The van der Waals surface area contributed by atoms with E-state index < -0.39 is 0 Å². The van der Waals surface area contributed by atoms with Crippen LogP contribution in [-0.2, 0) is 4.79 Å². The molecule has 0 aromatic heterocycles. The molecule has 0 fully saturated rings. The Morgan fingerprint density at radius 2 is 1.53 bits per heavy atom. The van der Waals surface area contributed by atoms with Crippen LogP contribution in [-0.4, -0.2) is 17.6 Å². The number of hydrogen-bond acceptors (Lipinski definition) is 5. The second-order valence-electron chi connectivity index (χ2n) is 7.16. The van der Waals surface area contributed by atoms with Gasteiger partial charge in [-0.15, -0.1) is 0 Å². The van der Waals surface area contributed by atoms with Gasteiger partial charge in [-0.3, -0.25) is 9.69 Å². The maximum absolute atomic E-state index is 12.7. The van der Waals surface area contributed by atoms with Crippen LogP contribution in [0.5, 0.6) is 5.75 Å². The maximum Gasteiger partial charge on any atom is 0.286 e. The molecule has 0 atom stereocenters. The standard InChI is InChI=1S/C26H21N3O2S/c1-2-28-21-15-9-10-16-22(21)31-24(28)18-17-23-25(30)27-26(32-23)29(19-11-5-3-6-12-19)20-13-7-4-8-14-20/h3-18H,2H2,1H3. The average Bonchev–Trinajstić information content (AvgIpc) is 3.38. The van der Waals surface area contributed by atoms with Gasteiger partial charge in [0.05, 0.1) is 10.6 Å². The van der Waals surface area contributed by atoms with Crippen molar-refractivity contribution in [3.8, 4) is 5.75 Å². The number of nitrogens with zero attached hydrogens (tertiary/aromatic N) is 3. The van der Waals surface area contributed by atoms with Gasteiger partial charge in [-0.2, -0.15) is 4.99 Å². The van der Waals surface area contributed by atoms with E-state index in [9.17, 15) is 4.79 Å². The van der Waals surface area contributed by atoms with E-state index in [0.29, 0.717) is 16.0 Å². The van der Waals surface area contributed by atoms with Crippen LogP contribution < -0.4 is 14.5 Å². The fourth-order valence-corrected chi connectivity index (χ4v) is 4.58. The third-order valence-corrected chi connectivity index (χ3v) is 6.15. The minimum absolute atomic E-state index is 0.253. The summed E-state index contributed by atoms with van der Waals surface area (Å²) in [4.78, 5) is 21.7. The molecule has 158 valence electrons. The van der Waals surface area contributed by atoms with Crippen molar-refractivity contribution in [2.75, 3.05) is 16.3 Å². The smallest absolute Gasteiger partial charge is 0.286 e. The summed E-state index contributed by atoms with van der Waals surface area (Å²) in [6.07, 6.45) is 3.64. The minimum atomic E-state index is -0.253. The minimum Gasteiger partial charge on any atom is -0.439 e. The highest BCUT2D eigenvalue weighted by atomic mass is 32.2. The van der Waals surface area contributed by atoms with Crippen molar-refractivity contribution < 1.29 is 9.53 Å². The van der Waals surface area contributed by atoms with Gasteiger partial charge in [0, 0.05) is 24.0 Å². The van der Waals surface area contributed by atoms with Crippen LogP contribution in [0.4, 0.5) is 17.1 Å². The summed E-state index contributed by atoms with van der Waals surface area (Å²) in [6, 6.07) is 27.8. The first kappa shape index (κ1) is 20.2. The number of hydrogen-bond donors (Lipinski definition) is 0. The molecule has 1 amide bonds. The Balaban J connectivity index is 1.43. The molecule has 0 saturated carbocycles. The summed E-state index contributed by atoms with van der Waals surface area (Å²) in [6.45, 7) is 2.84. The van der Waals surface area contributed by atoms with E-state index in [1.54, 1.807) is 6.08 Å². The van der Waals surface area contributed by atoms with Crippen LogP contribution in [0, 0.1) is 0 Å². The van der Waals surface area contributed by atoms with Gasteiger partial charge in [0.15, 0.2) is 10.9 Å². The number of anilines is 3. The monoisotopic (exact) mass is 439 g/mol. The molecule has 5 nitrogen and oxygen atoms in total. The lowest BCUT2D eigenvalue weighted by Crippen LogP contribution is -2.21. The van der Waals surface area contributed by atoms with E-state index in [0.717, 1.165) is 29.4 Å². The fraction of sp³-hybridized carbons (Fsp3) is 0.0769. The molecule has 0 bridgehead atoms. The van der Waals surface area contributed by atoms with Gasteiger partial charge < -0.3 is 9.64 Å². The molecule has 0 saturated heterocycles. The molecule has 5 rings (SSSR count). The second kappa shape index (κ2) is 8.77. The van der Waals surface area contributed by atoms with E-state index in [1.807, 2.05) is 95.9 Å². The van der Waals surface area contributed by atoms with E-state index in [-0.39, 0.29) is 5.91 Å². The molecule has 0 aliphatic carbocycles. The summed E-state index contributed by atoms with van der Waals surface area (Å²) in [7, 11) is 0. The third kappa shape index (κ3) is 3.81. The van der Waals surface area contributed by atoms with Gasteiger partial charge in [-0.25, -0.2) is 0 Å². The predicted octanol–water partition coefficient (Wildman–Crippen LogP) is 6.10. The largest absolute Gasteiger partial charge is 0.439 e. The van der Waals surface area contributed by atoms with Crippen molar-refractivity contribution in [1.29, 1.82) is 0 Å². The Hall–Kier alpha value is -3.77. The lowest BCUT2D eigenvalue weighted by atomic mass is 10.2. The van der Waals surface area contributed by atoms with Gasteiger partial charge in [0.25, 0.3) is 5.91 Å². The third-order valence-electron chi connectivity index (χ3n) is 5.16. The lowest BCUT2D eigenvalue weighted by molar-refractivity contribution is -0.113. The van der Waals surface area contributed by atoms with Gasteiger partial charge in [0.2, 0.25) is 5.88 Å². The first-order valence-electron chi connectivity index (χ1n) is 10.4. The number of carbonyl (C=O) groups is 1. The van der Waals surface area contributed by atoms with E-state index in [1.165, 1.54) is 11.8 Å². The summed E-state index contributed by atoms with van der Waals surface area (Å²) in [5, 5.41) is 0.625. The molecule has 2 heterocycles. The highest BCUT2D eigenvalue weighted by molar-refractivity contribution is 8.18. The zero-order chi connectivity index (χ0) is 21.9. The van der Waals surface area contributed by atoms with E-state index >= 15 is 0 Å². The maximum atomic E-state index is 12.7. The SMILES string of the molecule is CCN1C(=CC=C2SC(N(c3ccccc3)c3ccccc3)=NC2=O)Oc2ccccc21. The van der Waals surface area contributed by atoms with Crippen LogP contribution in [0.15, 0.2) is 113 Å². The molecule has 2 aliphatic heterocycles. The Bertz CT molecular complexity index is 1200. The van der Waals surface area contributed by atoms with Crippen molar-refractivity contribution in [3.63, 3.8) is 0 Å². The molecular weight excluding hydrogens is 418 g/mol. The number of carbonyl (C=O) groups excluding carboxylic acids is 1. The molecule has 32 heavy (non-hydrogen) atoms. The highest BCUT2D eigenvalue weighted by Gasteiger charge is 2.29. The van der Waals surface area contributed by atoms with Crippen LogP contribution in [0.2, 0.25) is 0 Å². The molecule has 0 N–H and O–H groups in total. The molecule has 0 radical (unpaired) electrons. The van der Waals surface area contributed by atoms with Crippen LogP contribution in [0.25, 0.3) is 0 Å². The van der Waals surface area contributed by atoms with Gasteiger partial charge >= 0.3 is 0 Å². The Kier molecular flexibility index (Phi) is 5.52. The first-order valence-corrected chi connectivity index (χ1v) is 11.2. The number of allylic oxidation sites excluding steroid dienone is 2. The number of aliphatic imine (C=N–C) groups is 1. The zero-order valence-electron chi connectivity index (χ0n) is 17.5. The molecule has 6 heteroatoms. The van der Waals surface area contributed by atoms with Crippen molar-refractivity contribution in [1.82, 2.24) is 0 Å². The highest BCUT2D eigenvalue weighted by Crippen LogP contribution is 2.39. The molecule has 3 aromatic rings. The number of fused-ring (bicyclic) bond motifs is 1. The van der Waals surface area contributed by atoms with Crippen molar-refractivity contribution in [2.45, 2.75) is 6.92 Å². The summed E-state index contributed by atoms with van der Waals surface area (Å²) >= 11 is 1.36. The number of para-hydroxylation sites is 4. The number of benzene rings is 3. The second-order valence-corrected chi connectivity index (χ2v) is 8.17. The summed E-state index contributed by atoms with van der Waals surface area (Å²) < 4.78 is 5.99. The quantitative estimate of drug-likeness (QED) is 0.460. The summed E-state index contributed by atoms with van der Waals surface area (Å²) in [5.41, 5.74) is 2.93. The molecule has 3 aromatic carbocycles. The predicted molar refractivity (Wildman–Crippen MR) is 131 cm³/mol. The van der Waals surface area contributed by atoms with E-state index in [4.69, 9.17) is 4.74 Å². The van der Waals surface area contributed by atoms with Gasteiger partial charge in [-0.05, 0) is 61.2 Å². The van der Waals surface area contributed by atoms with Crippen LogP contribution in [0.3, 0.4) is 0 Å². The number of rotatable bonds is 4. The Morgan fingerprint density at radius 1 is 0.906 bits per heavy atom. The number of ether oxygens (including phenoxy) is 1. The molecule has 0 unspecified atom stereocenters. The lowest BCUT2D eigenvalue weighted by Gasteiger charge is -2.23. The topological polar surface area (TPSA) is 45.1 Å². The Morgan fingerprint density at radius 3 is 2.19 bits per heavy atom.